The van der Waals surface area contributed by atoms with Crippen LogP contribution in [0.4, 0.5) is 5.69 Å². The number of carbonyl (C=O) groups is 3. The van der Waals surface area contributed by atoms with Gasteiger partial charge in [0.15, 0.2) is 0 Å². The monoisotopic (exact) mass is 380 g/mol. The Labute approximate surface area is 161 Å². The molecule has 144 valence electrons. The lowest BCUT2D eigenvalue weighted by atomic mass is 9.96. The Kier molecular flexibility index (Phi) is 5.39. The van der Waals surface area contributed by atoms with Crippen LogP contribution in [0.2, 0.25) is 0 Å². The van der Waals surface area contributed by atoms with Gasteiger partial charge in [-0.05, 0) is 47.9 Å². The maximum Gasteiger partial charge on any atom is 0.323 e. The van der Waals surface area contributed by atoms with Crippen molar-refractivity contribution in [1.82, 2.24) is 4.90 Å². The number of nitrogens with zero attached hydrogens (tertiary/aromatic N) is 3. The van der Waals surface area contributed by atoms with E-state index in [9.17, 15) is 14.4 Å². The standard InChI is InChI=1S/C20H20N4O4/c1-23(16-5-2-13(3-6-16)11-22-21)19(27)15-4-7-17-14(10-15)8-9-24(20(17)28)12-18(25)26/h2-7,10-11H,8-9,12,21H2,1H3,(H,25,26). The lowest BCUT2D eigenvalue weighted by molar-refractivity contribution is -0.137. The highest BCUT2D eigenvalue weighted by molar-refractivity contribution is 6.07. The van der Waals surface area contributed by atoms with Crippen LogP contribution in [-0.4, -0.2) is 54.1 Å². The quantitative estimate of drug-likeness (QED) is 0.461. The Hall–Kier alpha value is -3.68. The van der Waals surface area contributed by atoms with Crippen molar-refractivity contribution < 1.29 is 19.5 Å². The number of carboxylic acid groups (broad SMARTS) is 1. The molecule has 3 rings (SSSR count). The number of carboxylic acids is 1. The van der Waals surface area contributed by atoms with E-state index < -0.39 is 5.97 Å². The number of hydrazone groups is 1. The highest BCUT2D eigenvalue weighted by Gasteiger charge is 2.27. The van der Waals surface area contributed by atoms with Crippen LogP contribution in [0.1, 0.15) is 31.8 Å². The van der Waals surface area contributed by atoms with E-state index in [1.165, 1.54) is 16.0 Å². The average molecular weight is 380 g/mol. The van der Waals surface area contributed by atoms with Crippen LogP contribution < -0.4 is 10.7 Å². The molecule has 1 heterocycles. The second-order valence-electron chi connectivity index (χ2n) is 6.48. The fourth-order valence-corrected chi connectivity index (χ4v) is 3.16. The smallest absolute Gasteiger partial charge is 0.323 e. The Morgan fingerprint density at radius 3 is 2.61 bits per heavy atom. The van der Waals surface area contributed by atoms with Gasteiger partial charge in [0.25, 0.3) is 11.8 Å². The summed E-state index contributed by atoms with van der Waals surface area (Å²) in [5.74, 6) is 3.55. The van der Waals surface area contributed by atoms with Gasteiger partial charge in [0.1, 0.15) is 6.54 Å². The van der Waals surface area contributed by atoms with Gasteiger partial charge in [-0.1, -0.05) is 12.1 Å². The van der Waals surface area contributed by atoms with E-state index in [4.69, 9.17) is 10.9 Å². The molecular formula is C20H20N4O4. The van der Waals surface area contributed by atoms with Crippen molar-refractivity contribution in [3.05, 3.63) is 64.7 Å². The van der Waals surface area contributed by atoms with E-state index in [0.29, 0.717) is 29.8 Å². The molecule has 8 heteroatoms. The Balaban J connectivity index is 1.80. The molecule has 2 aromatic rings. The molecule has 0 atom stereocenters. The van der Waals surface area contributed by atoms with Crippen molar-refractivity contribution in [1.29, 1.82) is 0 Å². The minimum absolute atomic E-state index is 0.205. The summed E-state index contributed by atoms with van der Waals surface area (Å²) < 4.78 is 0. The Bertz CT molecular complexity index is 953. The zero-order valence-electron chi connectivity index (χ0n) is 15.3. The molecule has 0 radical (unpaired) electrons. The van der Waals surface area contributed by atoms with Crippen LogP contribution in [0.3, 0.4) is 0 Å². The topological polar surface area (TPSA) is 116 Å². The number of fused-ring (bicyclic) bond motifs is 1. The zero-order valence-corrected chi connectivity index (χ0v) is 15.3. The molecule has 0 saturated carbocycles. The lowest BCUT2D eigenvalue weighted by Gasteiger charge is -2.27. The predicted octanol–water partition coefficient (Wildman–Crippen LogP) is 1.34. The largest absolute Gasteiger partial charge is 0.480 e. The molecule has 0 unspecified atom stereocenters. The number of carbonyl (C=O) groups excluding carboxylic acids is 2. The number of aliphatic carboxylic acids is 1. The van der Waals surface area contributed by atoms with Gasteiger partial charge in [0, 0.05) is 30.4 Å². The predicted molar refractivity (Wildman–Crippen MR) is 105 cm³/mol. The molecule has 28 heavy (non-hydrogen) atoms. The maximum absolute atomic E-state index is 12.8. The molecule has 0 bridgehead atoms. The third-order valence-electron chi connectivity index (χ3n) is 4.66. The highest BCUT2D eigenvalue weighted by atomic mass is 16.4. The van der Waals surface area contributed by atoms with Gasteiger partial charge in [-0.2, -0.15) is 5.10 Å². The Morgan fingerprint density at radius 1 is 1.25 bits per heavy atom. The molecular weight excluding hydrogens is 360 g/mol. The average Bonchev–Trinajstić information content (AvgIpc) is 2.69. The SMILES string of the molecule is CN(C(=O)c1ccc2c(c1)CCN(CC(=O)O)C2=O)c1ccc(C=NN)cc1. The van der Waals surface area contributed by atoms with Crippen LogP contribution in [-0.2, 0) is 11.2 Å². The first-order valence-electron chi connectivity index (χ1n) is 8.66. The molecule has 2 aromatic carbocycles. The van der Waals surface area contributed by atoms with Gasteiger partial charge < -0.3 is 20.7 Å². The van der Waals surface area contributed by atoms with Crippen LogP contribution in [0.15, 0.2) is 47.6 Å². The van der Waals surface area contributed by atoms with Crippen molar-refractivity contribution in [2.24, 2.45) is 10.9 Å². The van der Waals surface area contributed by atoms with Crippen molar-refractivity contribution in [2.45, 2.75) is 6.42 Å². The van der Waals surface area contributed by atoms with Crippen LogP contribution in [0.5, 0.6) is 0 Å². The summed E-state index contributed by atoms with van der Waals surface area (Å²) >= 11 is 0. The van der Waals surface area contributed by atoms with Crippen molar-refractivity contribution >= 4 is 29.7 Å². The summed E-state index contributed by atoms with van der Waals surface area (Å²) in [6, 6.07) is 12.1. The molecule has 0 spiro atoms. The molecule has 3 N–H and O–H groups in total. The molecule has 0 aromatic heterocycles. The van der Waals surface area contributed by atoms with Gasteiger partial charge in [-0.15, -0.1) is 0 Å². The first kappa shape index (κ1) is 19.1. The molecule has 0 fully saturated rings. The van der Waals surface area contributed by atoms with Crippen LogP contribution in [0, 0.1) is 0 Å². The molecule has 0 aliphatic carbocycles. The van der Waals surface area contributed by atoms with E-state index >= 15 is 0 Å². The van der Waals surface area contributed by atoms with E-state index in [1.807, 2.05) is 0 Å². The van der Waals surface area contributed by atoms with E-state index in [2.05, 4.69) is 5.10 Å². The summed E-state index contributed by atoms with van der Waals surface area (Å²) in [6.45, 7) is -0.0116. The molecule has 1 aliphatic heterocycles. The first-order valence-corrected chi connectivity index (χ1v) is 8.66. The second kappa shape index (κ2) is 7.91. The summed E-state index contributed by atoms with van der Waals surface area (Å²) in [4.78, 5) is 39.0. The Morgan fingerprint density at radius 2 is 1.96 bits per heavy atom. The molecule has 2 amide bonds. The third-order valence-corrected chi connectivity index (χ3v) is 4.66. The molecule has 0 saturated heterocycles. The summed E-state index contributed by atoms with van der Waals surface area (Å²) in [6.07, 6.45) is 2.02. The number of benzene rings is 2. The molecule has 1 aliphatic rings. The summed E-state index contributed by atoms with van der Waals surface area (Å²) in [7, 11) is 1.67. The summed E-state index contributed by atoms with van der Waals surface area (Å²) in [5, 5.41) is 12.4. The van der Waals surface area contributed by atoms with E-state index in [1.54, 1.807) is 49.5 Å². The van der Waals surface area contributed by atoms with Gasteiger partial charge in [0.2, 0.25) is 0 Å². The van der Waals surface area contributed by atoms with Crippen molar-refractivity contribution in [2.75, 3.05) is 25.0 Å². The lowest BCUT2D eigenvalue weighted by Crippen LogP contribution is -2.41. The van der Waals surface area contributed by atoms with Gasteiger partial charge >= 0.3 is 5.97 Å². The number of anilines is 1. The minimum Gasteiger partial charge on any atom is -0.480 e. The van der Waals surface area contributed by atoms with E-state index in [-0.39, 0.29) is 18.4 Å². The number of amides is 2. The fourth-order valence-electron chi connectivity index (χ4n) is 3.16. The normalized spacial score (nSPS) is 13.5. The van der Waals surface area contributed by atoms with Gasteiger partial charge in [-0.3, -0.25) is 14.4 Å². The zero-order chi connectivity index (χ0) is 20.3. The minimum atomic E-state index is -1.05. The van der Waals surface area contributed by atoms with E-state index in [0.717, 1.165) is 11.1 Å². The van der Waals surface area contributed by atoms with Crippen LogP contribution >= 0.6 is 0 Å². The second-order valence-corrected chi connectivity index (χ2v) is 6.48. The first-order chi connectivity index (χ1) is 13.4. The number of hydrogen-bond acceptors (Lipinski definition) is 5. The van der Waals surface area contributed by atoms with Crippen LogP contribution in [0.25, 0.3) is 0 Å². The maximum atomic E-state index is 12.8. The summed E-state index contributed by atoms with van der Waals surface area (Å²) in [5.41, 5.74) is 3.19. The van der Waals surface area contributed by atoms with Gasteiger partial charge in [0.05, 0.1) is 6.21 Å². The number of nitrogens with two attached hydrogens (primary N) is 1. The van der Waals surface area contributed by atoms with Gasteiger partial charge in [-0.25, -0.2) is 0 Å². The third kappa shape index (κ3) is 3.85. The fraction of sp³-hybridized carbons (Fsp3) is 0.200. The number of rotatable bonds is 5. The van der Waals surface area contributed by atoms with Crippen molar-refractivity contribution in [3.8, 4) is 0 Å². The van der Waals surface area contributed by atoms with Crippen molar-refractivity contribution in [3.63, 3.8) is 0 Å². The number of hydrogen-bond donors (Lipinski definition) is 2. The highest BCUT2D eigenvalue weighted by Crippen LogP contribution is 2.22. The molecule has 8 nitrogen and oxygen atoms in total.